The van der Waals surface area contributed by atoms with Crippen molar-refractivity contribution in [2.75, 3.05) is 0 Å². The maximum Gasteiger partial charge on any atom is 0.411 e. The van der Waals surface area contributed by atoms with Gasteiger partial charge in [0.1, 0.15) is 17.2 Å². The van der Waals surface area contributed by atoms with Gasteiger partial charge in [0.25, 0.3) is 0 Å². The Bertz CT molecular complexity index is 1590. The predicted octanol–water partition coefficient (Wildman–Crippen LogP) is 12.6. The Morgan fingerprint density at radius 2 is 1.22 bits per heavy atom. The number of halogens is 6. The summed E-state index contributed by atoms with van der Waals surface area (Å²) in [5.41, 5.74) is -5.45. The molecule has 0 bridgehead atoms. The van der Waals surface area contributed by atoms with Crippen LogP contribution in [0.2, 0.25) is 0 Å². The Kier molecular flexibility index (Phi) is 13.6. The number of hydrogen-bond acceptors (Lipinski definition) is 3. The Morgan fingerprint density at radius 1 is 0.608 bits per heavy atom. The second-order valence-corrected chi connectivity index (χ2v) is 15.6. The lowest BCUT2D eigenvalue weighted by molar-refractivity contribution is -0.288. The van der Waals surface area contributed by atoms with E-state index in [0.29, 0.717) is 24.5 Å². The minimum atomic E-state index is -5.84. The highest BCUT2D eigenvalue weighted by atomic mass is 19.4. The molecule has 0 aliphatic rings. The van der Waals surface area contributed by atoms with Crippen LogP contribution in [0.25, 0.3) is 0 Å². The van der Waals surface area contributed by atoms with Crippen molar-refractivity contribution < 1.29 is 41.7 Å². The smallest absolute Gasteiger partial charge is 0.411 e. The predicted molar refractivity (Wildman–Crippen MR) is 193 cm³/mol. The van der Waals surface area contributed by atoms with Crippen molar-refractivity contribution in [2.24, 2.45) is 10.8 Å². The van der Waals surface area contributed by atoms with Crippen molar-refractivity contribution in [2.45, 2.75) is 143 Å². The third-order valence-electron chi connectivity index (χ3n) is 10.7. The number of hydrogen-bond donors (Lipinski definition) is 3. The molecular formula is C42H56F6O3. The lowest BCUT2D eigenvalue weighted by atomic mass is 9.68. The topological polar surface area (TPSA) is 60.7 Å². The first-order valence-corrected chi connectivity index (χ1v) is 18.2. The molecule has 0 aliphatic heterocycles. The summed E-state index contributed by atoms with van der Waals surface area (Å²) in [7, 11) is 0. The molecule has 1 atom stereocenters. The molecule has 0 heterocycles. The molecule has 3 N–H and O–H groups in total. The number of unbranched alkanes of at least 4 members (excludes halogenated alkanes) is 3. The summed E-state index contributed by atoms with van der Waals surface area (Å²) in [5, 5.41) is 32.4. The van der Waals surface area contributed by atoms with Crippen LogP contribution in [0.4, 0.5) is 26.3 Å². The van der Waals surface area contributed by atoms with E-state index in [9.17, 15) is 15.3 Å². The van der Waals surface area contributed by atoms with E-state index in [2.05, 4.69) is 20.8 Å². The van der Waals surface area contributed by atoms with Crippen LogP contribution >= 0.6 is 0 Å². The minimum Gasteiger partial charge on any atom is -0.508 e. The number of rotatable bonds is 17. The molecule has 0 fully saturated rings. The van der Waals surface area contributed by atoms with Crippen LogP contribution in [0.5, 0.6) is 17.2 Å². The zero-order chi connectivity index (χ0) is 38.4. The van der Waals surface area contributed by atoms with Crippen molar-refractivity contribution in [3.05, 3.63) is 87.5 Å². The van der Waals surface area contributed by atoms with Crippen LogP contribution < -0.4 is 0 Å². The first-order chi connectivity index (χ1) is 23.6. The van der Waals surface area contributed by atoms with Gasteiger partial charge in [-0.1, -0.05) is 116 Å². The van der Waals surface area contributed by atoms with Gasteiger partial charge < -0.3 is 15.3 Å². The molecule has 0 aliphatic carbocycles. The summed E-state index contributed by atoms with van der Waals surface area (Å²) < 4.78 is 92.2. The summed E-state index contributed by atoms with van der Waals surface area (Å²) >= 11 is 0. The van der Waals surface area contributed by atoms with Gasteiger partial charge in [-0.15, -0.1) is 0 Å². The van der Waals surface area contributed by atoms with Gasteiger partial charge in [-0.2, -0.15) is 26.3 Å². The summed E-state index contributed by atoms with van der Waals surface area (Å²) in [6.07, 6.45) is -3.96. The van der Waals surface area contributed by atoms with E-state index in [4.69, 9.17) is 0 Å². The second-order valence-electron chi connectivity index (χ2n) is 15.6. The van der Waals surface area contributed by atoms with E-state index in [1.54, 1.807) is 19.9 Å². The maximum atomic E-state index is 15.4. The van der Waals surface area contributed by atoms with Crippen LogP contribution in [0, 0.1) is 17.8 Å². The zero-order valence-electron chi connectivity index (χ0n) is 31.2. The fourth-order valence-corrected chi connectivity index (χ4v) is 7.50. The average molecular weight is 723 g/mol. The van der Waals surface area contributed by atoms with Crippen molar-refractivity contribution >= 4 is 0 Å². The normalized spacial score (nSPS) is 14.1. The fraction of sp³-hybridized carbons (Fsp3) is 0.571. The lowest BCUT2D eigenvalue weighted by Gasteiger charge is -2.40. The van der Waals surface area contributed by atoms with E-state index in [-0.39, 0.29) is 41.6 Å². The Hall–Kier alpha value is -3.36. The van der Waals surface area contributed by atoms with Gasteiger partial charge in [0, 0.05) is 0 Å². The van der Waals surface area contributed by atoms with Crippen molar-refractivity contribution in [1.82, 2.24) is 0 Å². The second kappa shape index (κ2) is 16.5. The van der Waals surface area contributed by atoms with Crippen molar-refractivity contribution in [3.63, 3.8) is 0 Å². The highest BCUT2D eigenvalue weighted by Gasteiger charge is 2.73. The summed E-state index contributed by atoms with van der Waals surface area (Å²) in [6, 6.07) is 8.64. The number of phenols is 3. The molecular weight excluding hydrogens is 666 g/mol. The molecule has 9 heteroatoms. The minimum absolute atomic E-state index is 0.0544. The Labute approximate surface area is 300 Å². The molecule has 3 nitrogen and oxygen atoms in total. The lowest BCUT2D eigenvalue weighted by Crippen LogP contribution is -2.55. The highest BCUT2D eigenvalue weighted by molar-refractivity contribution is 5.53. The zero-order valence-corrected chi connectivity index (χ0v) is 31.2. The van der Waals surface area contributed by atoms with Gasteiger partial charge in [0.2, 0.25) is 5.41 Å². The largest absolute Gasteiger partial charge is 0.508 e. The van der Waals surface area contributed by atoms with Gasteiger partial charge in [0.05, 0.1) is 0 Å². The molecule has 3 aromatic carbocycles. The first-order valence-electron chi connectivity index (χ1n) is 18.2. The summed E-state index contributed by atoms with van der Waals surface area (Å²) in [5.74, 6) is -0.807. The van der Waals surface area contributed by atoms with Crippen LogP contribution in [-0.2, 0) is 31.1 Å². The fourth-order valence-electron chi connectivity index (χ4n) is 7.50. The average Bonchev–Trinajstić information content (AvgIpc) is 3.02. The van der Waals surface area contributed by atoms with Crippen molar-refractivity contribution in [3.8, 4) is 17.2 Å². The number of alkyl halides is 6. The quantitative estimate of drug-likeness (QED) is 0.0960. The van der Waals surface area contributed by atoms with Crippen LogP contribution in [-0.4, -0.2) is 27.7 Å². The molecule has 0 amide bonds. The third kappa shape index (κ3) is 9.75. The van der Waals surface area contributed by atoms with Crippen molar-refractivity contribution in [1.29, 1.82) is 0 Å². The van der Waals surface area contributed by atoms with Gasteiger partial charge in [-0.3, -0.25) is 0 Å². The van der Waals surface area contributed by atoms with Crippen LogP contribution in [0.3, 0.4) is 0 Å². The molecule has 0 radical (unpaired) electrons. The molecule has 3 aromatic rings. The summed E-state index contributed by atoms with van der Waals surface area (Å²) in [4.78, 5) is 0. The number of phenolic OH excluding ortho intramolecular Hbond substituents is 3. The van der Waals surface area contributed by atoms with Gasteiger partial charge in [0.15, 0.2) is 0 Å². The maximum absolute atomic E-state index is 15.4. The molecule has 0 aromatic heterocycles. The van der Waals surface area contributed by atoms with E-state index >= 15 is 26.3 Å². The molecule has 3 rings (SSSR count). The molecule has 0 spiro atoms. The number of aryl methyl sites for hydroxylation is 3. The van der Waals surface area contributed by atoms with Gasteiger partial charge in [-0.25, -0.2) is 0 Å². The number of benzene rings is 3. The summed E-state index contributed by atoms with van der Waals surface area (Å²) in [6.45, 7) is 13.9. The molecule has 51 heavy (non-hydrogen) atoms. The molecule has 1 unspecified atom stereocenters. The Morgan fingerprint density at radius 3 is 1.80 bits per heavy atom. The molecule has 0 saturated carbocycles. The number of aromatic hydroxyl groups is 3. The van der Waals surface area contributed by atoms with Crippen LogP contribution in [0.1, 0.15) is 132 Å². The standard InChI is InChI=1S/C42H56F6O3/c1-8-11-13-21-39(7,10-3)27-32-23-28(4)22-30(37(32)51)15-14-29-24-33(16-19-36(29)50)40(41(43,44)45,42(46,47)48)35-18-17-34(49)25-31(35)26-38(5,6)20-12-9-2/h16-19,22-25,49-51H,8-15,20-21,26-27H2,1-7H3. The van der Waals surface area contributed by atoms with Gasteiger partial charge >= 0.3 is 12.4 Å². The van der Waals surface area contributed by atoms with E-state index in [0.717, 1.165) is 86.4 Å². The first kappa shape index (κ1) is 42.1. The molecule has 0 saturated heterocycles. The van der Waals surface area contributed by atoms with Crippen LogP contribution in [0.15, 0.2) is 48.5 Å². The monoisotopic (exact) mass is 722 g/mol. The third-order valence-corrected chi connectivity index (χ3v) is 10.7. The Balaban J connectivity index is 2.14. The SMILES string of the molecule is CCCCCC(C)(CC)Cc1cc(C)cc(CCc2cc(C(c3ccc(O)cc3CC(C)(C)CCCC)(C(F)(F)F)C(F)(F)F)ccc2O)c1O. The van der Waals surface area contributed by atoms with E-state index in [1.807, 2.05) is 19.9 Å². The van der Waals surface area contributed by atoms with E-state index < -0.39 is 45.8 Å². The van der Waals surface area contributed by atoms with Gasteiger partial charge in [-0.05, 0) is 108 Å². The molecule has 284 valence electrons. The highest BCUT2D eigenvalue weighted by Crippen LogP contribution is 2.58. The van der Waals surface area contributed by atoms with E-state index in [1.165, 1.54) is 0 Å².